The van der Waals surface area contributed by atoms with Gasteiger partial charge in [-0.2, -0.15) is 13.7 Å². The minimum Gasteiger partial charge on any atom is -0.340 e. The largest absolute Gasteiger partial charge is 0.340 e. The Labute approximate surface area is 218 Å². The van der Waals surface area contributed by atoms with Gasteiger partial charge in [-0.3, -0.25) is 9.78 Å². The second kappa shape index (κ2) is 8.77. The van der Waals surface area contributed by atoms with E-state index in [9.17, 15) is 22.4 Å². The number of nitrogens with one attached hydrogen (secondary N) is 1. The van der Waals surface area contributed by atoms with Gasteiger partial charge in [0.2, 0.25) is 0 Å². The van der Waals surface area contributed by atoms with E-state index >= 15 is 0 Å². The highest BCUT2D eigenvalue weighted by molar-refractivity contribution is 7.86. The molecule has 0 bridgehead atoms. The highest BCUT2D eigenvalue weighted by Crippen LogP contribution is 2.40. The van der Waals surface area contributed by atoms with Crippen molar-refractivity contribution in [1.82, 2.24) is 14.5 Å². The summed E-state index contributed by atoms with van der Waals surface area (Å²) in [4.78, 5) is 20.9. The van der Waals surface area contributed by atoms with E-state index in [2.05, 4.69) is 34.5 Å². The summed E-state index contributed by atoms with van der Waals surface area (Å²) in [7, 11) is -4.93. The molecule has 3 heterocycles. The maximum absolute atomic E-state index is 14.0. The van der Waals surface area contributed by atoms with E-state index in [0.29, 0.717) is 34.0 Å². The molecule has 1 aliphatic rings. The summed E-state index contributed by atoms with van der Waals surface area (Å²) in [5, 5.41) is 11.3. The molecule has 1 saturated carbocycles. The van der Waals surface area contributed by atoms with Crippen molar-refractivity contribution in [3.05, 3.63) is 70.1 Å². The quantitative estimate of drug-likeness (QED) is 0.275. The standard InChI is InChI=1S/C29H25FN4O3S/c1-16(2)8-18-11-24-26(12-23(18)19-10-21(15-32-14-19)38(30,36)37)34(20-4-3-5-20)29-27(28(24)35)22-7-6-17(13-31)9-25(22)33-29/h6-7,9-12,14-16,20,33H,3-5,8H2,1-2H3. The van der Waals surface area contributed by atoms with Crippen LogP contribution in [0.3, 0.4) is 0 Å². The van der Waals surface area contributed by atoms with Gasteiger partial charge in [0.15, 0.2) is 5.43 Å². The molecule has 1 N–H and O–H groups in total. The molecule has 0 atom stereocenters. The van der Waals surface area contributed by atoms with Crippen molar-refractivity contribution in [1.29, 1.82) is 5.26 Å². The minimum atomic E-state index is -4.93. The number of pyridine rings is 2. The molecule has 6 rings (SSSR count). The molecular weight excluding hydrogens is 503 g/mol. The molecule has 9 heteroatoms. The first-order valence-corrected chi connectivity index (χ1v) is 14.0. The number of rotatable bonds is 5. The van der Waals surface area contributed by atoms with Crippen LogP contribution in [0.15, 0.2) is 58.5 Å². The van der Waals surface area contributed by atoms with Gasteiger partial charge < -0.3 is 9.55 Å². The molecule has 0 aliphatic heterocycles. The van der Waals surface area contributed by atoms with Crippen LogP contribution in [-0.4, -0.2) is 23.0 Å². The molecular formula is C29H25FN4O3S. The third kappa shape index (κ3) is 3.87. The number of nitrogens with zero attached hydrogens (tertiary/aromatic N) is 3. The van der Waals surface area contributed by atoms with E-state index < -0.39 is 15.1 Å². The number of nitriles is 1. The molecule has 0 unspecified atom stereocenters. The van der Waals surface area contributed by atoms with Gasteiger partial charge in [0.25, 0.3) is 0 Å². The normalized spacial score (nSPS) is 14.4. The van der Waals surface area contributed by atoms with E-state index in [-0.39, 0.29) is 17.4 Å². The van der Waals surface area contributed by atoms with Gasteiger partial charge in [-0.25, -0.2) is 0 Å². The van der Waals surface area contributed by atoms with Crippen molar-refractivity contribution >= 4 is 43.1 Å². The van der Waals surface area contributed by atoms with E-state index in [1.165, 1.54) is 12.3 Å². The Morgan fingerprint density at radius 3 is 2.61 bits per heavy atom. The number of halogens is 1. The van der Waals surface area contributed by atoms with Gasteiger partial charge >= 0.3 is 10.2 Å². The van der Waals surface area contributed by atoms with Crippen LogP contribution in [0.2, 0.25) is 0 Å². The number of aromatic nitrogens is 3. The lowest BCUT2D eigenvalue weighted by atomic mass is 9.89. The number of benzene rings is 2. The summed E-state index contributed by atoms with van der Waals surface area (Å²) >= 11 is 0. The Morgan fingerprint density at radius 2 is 1.95 bits per heavy atom. The first-order chi connectivity index (χ1) is 18.2. The highest BCUT2D eigenvalue weighted by Gasteiger charge is 2.27. The van der Waals surface area contributed by atoms with Crippen molar-refractivity contribution in [2.75, 3.05) is 0 Å². The molecule has 38 heavy (non-hydrogen) atoms. The number of hydrogen-bond acceptors (Lipinski definition) is 5. The third-order valence-corrected chi connectivity index (χ3v) is 8.26. The fraction of sp³-hybridized carbons (Fsp3) is 0.276. The molecule has 5 aromatic rings. The molecule has 2 aromatic carbocycles. The summed E-state index contributed by atoms with van der Waals surface area (Å²) in [6.07, 6.45) is 6.17. The Morgan fingerprint density at radius 1 is 1.16 bits per heavy atom. The SMILES string of the molecule is CC(C)Cc1cc2c(=O)c3c4ccc(C#N)cc4[nH]c3n(C3CCC3)c2cc1-c1cncc(S(=O)(=O)F)c1. The number of H-pyrrole nitrogens is 1. The highest BCUT2D eigenvalue weighted by atomic mass is 32.3. The fourth-order valence-electron chi connectivity index (χ4n) is 5.53. The van der Waals surface area contributed by atoms with Crippen LogP contribution in [0, 0.1) is 17.2 Å². The second-order valence-electron chi connectivity index (χ2n) is 10.5. The van der Waals surface area contributed by atoms with Gasteiger partial charge in [0.1, 0.15) is 10.5 Å². The van der Waals surface area contributed by atoms with E-state index in [1.807, 2.05) is 18.2 Å². The van der Waals surface area contributed by atoms with Crippen molar-refractivity contribution < 1.29 is 12.3 Å². The summed E-state index contributed by atoms with van der Waals surface area (Å²) < 4.78 is 39.3. The molecule has 0 spiro atoms. The number of aromatic amines is 1. The first kappa shape index (κ1) is 24.3. The molecule has 192 valence electrons. The lowest BCUT2D eigenvalue weighted by Crippen LogP contribution is -2.21. The van der Waals surface area contributed by atoms with Crippen LogP contribution in [0.1, 0.15) is 50.3 Å². The maximum Gasteiger partial charge on any atom is 0.333 e. The molecule has 0 saturated heterocycles. The first-order valence-electron chi connectivity index (χ1n) is 12.6. The zero-order valence-electron chi connectivity index (χ0n) is 21.0. The summed E-state index contributed by atoms with van der Waals surface area (Å²) in [6, 6.07) is 12.8. The van der Waals surface area contributed by atoms with E-state index in [0.717, 1.165) is 53.0 Å². The monoisotopic (exact) mass is 528 g/mol. The average molecular weight is 529 g/mol. The lowest BCUT2D eigenvalue weighted by molar-refractivity contribution is 0.327. The minimum absolute atomic E-state index is 0.101. The number of fused-ring (bicyclic) bond motifs is 4. The maximum atomic E-state index is 14.0. The van der Waals surface area contributed by atoms with Crippen molar-refractivity contribution in [3.8, 4) is 17.2 Å². The topological polar surface area (TPSA) is 109 Å². The van der Waals surface area contributed by atoms with Crippen LogP contribution in [-0.2, 0) is 16.6 Å². The van der Waals surface area contributed by atoms with Gasteiger partial charge in [0.05, 0.1) is 22.5 Å². The van der Waals surface area contributed by atoms with Crippen LogP contribution in [0.5, 0.6) is 0 Å². The predicted octanol–water partition coefficient (Wildman–Crippen LogP) is 6.15. The van der Waals surface area contributed by atoms with Crippen molar-refractivity contribution in [3.63, 3.8) is 0 Å². The Kier molecular flexibility index (Phi) is 5.61. The Balaban J connectivity index is 1.74. The van der Waals surface area contributed by atoms with Gasteiger partial charge in [-0.05, 0) is 73.1 Å². The third-order valence-electron chi connectivity index (χ3n) is 7.48. The Hall–Kier alpha value is -4.03. The molecule has 1 fully saturated rings. The molecule has 1 aliphatic carbocycles. The van der Waals surface area contributed by atoms with Crippen LogP contribution >= 0.6 is 0 Å². The fourth-order valence-corrected chi connectivity index (χ4v) is 5.99. The summed E-state index contributed by atoms with van der Waals surface area (Å²) in [5.74, 6) is 0.252. The zero-order chi connectivity index (χ0) is 26.8. The van der Waals surface area contributed by atoms with Crippen molar-refractivity contribution in [2.45, 2.75) is 50.5 Å². The molecule has 7 nitrogen and oxygen atoms in total. The Bertz CT molecular complexity index is 1980. The summed E-state index contributed by atoms with van der Waals surface area (Å²) in [5.41, 5.74) is 4.64. The second-order valence-corrected chi connectivity index (χ2v) is 11.8. The van der Waals surface area contributed by atoms with Crippen LogP contribution in [0.25, 0.3) is 44.0 Å². The van der Waals surface area contributed by atoms with Crippen LogP contribution < -0.4 is 5.43 Å². The van der Waals surface area contributed by atoms with Gasteiger partial charge in [-0.1, -0.05) is 19.9 Å². The lowest BCUT2D eigenvalue weighted by Gasteiger charge is -2.31. The zero-order valence-corrected chi connectivity index (χ0v) is 21.8. The van der Waals surface area contributed by atoms with Gasteiger partial charge in [-0.15, -0.1) is 3.89 Å². The molecule has 3 aromatic heterocycles. The van der Waals surface area contributed by atoms with E-state index in [1.54, 1.807) is 12.1 Å². The van der Waals surface area contributed by atoms with Crippen LogP contribution in [0.4, 0.5) is 3.89 Å². The molecule has 0 amide bonds. The van der Waals surface area contributed by atoms with E-state index in [4.69, 9.17) is 0 Å². The summed E-state index contributed by atoms with van der Waals surface area (Å²) in [6.45, 7) is 4.13. The average Bonchev–Trinajstić information content (AvgIpc) is 3.23. The van der Waals surface area contributed by atoms with Crippen molar-refractivity contribution in [2.24, 2.45) is 5.92 Å². The molecule has 0 radical (unpaired) electrons. The number of hydrogen-bond donors (Lipinski definition) is 1. The van der Waals surface area contributed by atoms with Gasteiger partial charge in [0, 0.05) is 40.3 Å². The predicted molar refractivity (Wildman–Crippen MR) is 145 cm³/mol. The smallest absolute Gasteiger partial charge is 0.333 e.